The van der Waals surface area contributed by atoms with Gasteiger partial charge in [0.05, 0.1) is 0 Å². The van der Waals surface area contributed by atoms with Crippen LogP contribution in [0.15, 0.2) is 30.5 Å². The number of benzene rings is 1. The van der Waals surface area contributed by atoms with Crippen LogP contribution in [-0.2, 0) is 11.3 Å². The first-order valence-corrected chi connectivity index (χ1v) is 6.10. The molecule has 1 aromatic carbocycles. The Balaban J connectivity index is 2.14. The number of fused-ring (bicyclic) bond motifs is 1. The third-order valence-electron chi connectivity index (χ3n) is 2.71. The smallest absolute Gasteiger partial charge is 0.221 e. The fraction of sp³-hybridized carbons (Fsp3) is 0.308. The zero-order valence-electron chi connectivity index (χ0n) is 9.74. The monoisotopic (exact) mass is 250 g/mol. The molecule has 0 radical (unpaired) electrons. The summed E-state index contributed by atoms with van der Waals surface area (Å²) < 4.78 is 2.05. The first kappa shape index (κ1) is 12.0. The van der Waals surface area contributed by atoms with Crippen LogP contribution in [0.25, 0.3) is 10.9 Å². The Morgan fingerprint density at radius 3 is 3.00 bits per heavy atom. The van der Waals surface area contributed by atoms with Gasteiger partial charge in [0, 0.05) is 41.6 Å². The molecule has 3 nitrogen and oxygen atoms in total. The zero-order chi connectivity index (χ0) is 12.3. The quantitative estimate of drug-likeness (QED) is 0.890. The van der Waals surface area contributed by atoms with E-state index in [2.05, 4.69) is 9.88 Å². The maximum absolute atomic E-state index is 11.4. The Labute approximate surface area is 105 Å². The van der Waals surface area contributed by atoms with E-state index in [9.17, 15) is 4.79 Å². The highest BCUT2D eigenvalue weighted by atomic mass is 35.5. The van der Waals surface area contributed by atoms with Gasteiger partial charge in [-0.15, -0.1) is 0 Å². The van der Waals surface area contributed by atoms with E-state index >= 15 is 0 Å². The van der Waals surface area contributed by atoms with Crippen LogP contribution in [0.3, 0.4) is 0 Å². The van der Waals surface area contributed by atoms with E-state index in [1.807, 2.05) is 37.4 Å². The summed E-state index contributed by atoms with van der Waals surface area (Å²) >= 11 is 6.09. The molecule has 2 rings (SSSR count). The van der Waals surface area contributed by atoms with E-state index in [0.717, 1.165) is 15.9 Å². The van der Waals surface area contributed by atoms with Gasteiger partial charge in [0.25, 0.3) is 0 Å². The molecular formula is C13H15ClN2O. The number of rotatable bonds is 4. The van der Waals surface area contributed by atoms with Gasteiger partial charge >= 0.3 is 0 Å². The molecule has 1 amide bonds. The van der Waals surface area contributed by atoms with Gasteiger partial charge in [-0.3, -0.25) is 4.79 Å². The fourth-order valence-corrected chi connectivity index (χ4v) is 2.12. The largest absolute Gasteiger partial charge is 0.356 e. The molecule has 90 valence electrons. The highest BCUT2D eigenvalue weighted by Crippen LogP contribution is 2.24. The normalized spacial score (nSPS) is 10.7. The molecule has 0 saturated heterocycles. The molecule has 4 heteroatoms. The topological polar surface area (TPSA) is 34.0 Å². The van der Waals surface area contributed by atoms with Crippen molar-refractivity contribution in [2.45, 2.75) is 19.9 Å². The van der Waals surface area contributed by atoms with Gasteiger partial charge in [-0.05, 0) is 25.1 Å². The molecule has 0 aliphatic carbocycles. The van der Waals surface area contributed by atoms with Crippen LogP contribution in [-0.4, -0.2) is 17.0 Å². The molecule has 2 aromatic rings. The zero-order valence-corrected chi connectivity index (χ0v) is 10.5. The van der Waals surface area contributed by atoms with Crippen molar-refractivity contribution in [1.82, 2.24) is 9.88 Å². The van der Waals surface area contributed by atoms with Crippen LogP contribution in [0.5, 0.6) is 0 Å². The third-order valence-corrected chi connectivity index (χ3v) is 3.04. The number of carbonyl (C=O) groups is 1. The first-order chi connectivity index (χ1) is 8.22. The maximum Gasteiger partial charge on any atom is 0.221 e. The van der Waals surface area contributed by atoms with Crippen LogP contribution in [0, 0.1) is 0 Å². The van der Waals surface area contributed by atoms with Gasteiger partial charge in [0.15, 0.2) is 0 Å². The highest BCUT2D eigenvalue weighted by molar-refractivity contribution is 6.35. The molecule has 0 unspecified atom stereocenters. The maximum atomic E-state index is 11.4. The van der Waals surface area contributed by atoms with Crippen LogP contribution in [0.2, 0.25) is 5.02 Å². The van der Waals surface area contributed by atoms with E-state index < -0.39 is 0 Å². The molecule has 17 heavy (non-hydrogen) atoms. The molecule has 0 atom stereocenters. The average Bonchev–Trinajstić information content (AvgIpc) is 2.72. The van der Waals surface area contributed by atoms with Gasteiger partial charge in [0.1, 0.15) is 0 Å². The van der Waals surface area contributed by atoms with Crippen molar-refractivity contribution in [2.75, 3.05) is 6.54 Å². The minimum atomic E-state index is 0.0800. The van der Waals surface area contributed by atoms with Crippen molar-refractivity contribution < 1.29 is 4.79 Å². The lowest BCUT2D eigenvalue weighted by Gasteiger charge is -2.05. The van der Waals surface area contributed by atoms with Crippen LogP contribution in [0.1, 0.15) is 13.3 Å². The minimum absolute atomic E-state index is 0.0800. The fourth-order valence-electron chi connectivity index (χ4n) is 1.89. The number of amides is 1. The molecule has 1 N–H and O–H groups in total. The summed E-state index contributed by atoms with van der Waals surface area (Å²) in [7, 11) is 0. The third kappa shape index (κ3) is 2.61. The minimum Gasteiger partial charge on any atom is -0.356 e. The van der Waals surface area contributed by atoms with Crippen LogP contribution < -0.4 is 5.32 Å². The molecule has 0 aliphatic rings. The van der Waals surface area contributed by atoms with Crippen LogP contribution >= 0.6 is 11.6 Å². The predicted octanol–water partition coefficient (Wildman–Crippen LogP) is 2.82. The van der Waals surface area contributed by atoms with Crippen LogP contribution in [0.4, 0.5) is 0 Å². The van der Waals surface area contributed by atoms with Gasteiger partial charge in [-0.2, -0.15) is 0 Å². The highest BCUT2D eigenvalue weighted by Gasteiger charge is 2.05. The SMILES string of the molecule is CCNC(=O)CCn1ccc2c(Cl)cccc21. The van der Waals surface area contributed by atoms with Crippen molar-refractivity contribution in [3.63, 3.8) is 0 Å². The number of halogens is 1. The Bertz CT molecular complexity index is 533. The number of aromatic nitrogens is 1. The molecule has 0 bridgehead atoms. The van der Waals surface area contributed by atoms with Crippen molar-refractivity contribution in [3.8, 4) is 0 Å². The van der Waals surface area contributed by atoms with E-state index in [-0.39, 0.29) is 5.91 Å². The molecule has 0 aliphatic heterocycles. The van der Waals surface area contributed by atoms with Crippen molar-refractivity contribution in [1.29, 1.82) is 0 Å². The van der Waals surface area contributed by atoms with Gasteiger partial charge in [0.2, 0.25) is 5.91 Å². The van der Waals surface area contributed by atoms with Gasteiger partial charge in [-0.25, -0.2) is 0 Å². The Morgan fingerprint density at radius 1 is 1.41 bits per heavy atom. The van der Waals surface area contributed by atoms with E-state index in [1.165, 1.54) is 0 Å². The van der Waals surface area contributed by atoms with Gasteiger partial charge < -0.3 is 9.88 Å². The van der Waals surface area contributed by atoms with Crippen molar-refractivity contribution in [2.24, 2.45) is 0 Å². The summed E-state index contributed by atoms with van der Waals surface area (Å²) in [6, 6.07) is 7.79. The lowest BCUT2D eigenvalue weighted by atomic mass is 10.2. The number of nitrogens with zero attached hydrogens (tertiary/aromatic N) is 1. The lowest BCUT2D eigenvalue weighted by Crippen LogP contribution is -2.23. The number of aryl methyl sites for hydroxylation is 1. The summed E-state index contributed by atoms with van der Waals surface area (Å²) in [5.74, 6) is 0.0800. The Morgan fingerprint density at radius 2 is 2.24 bits per heavy atom. The summed E-state index contributed by atoms with van der Waals surface area (Å²) in [5, 5.41) is 4.57. The molecular weight excluding hydrogens is 236 g/mol. The van der Waals surface area contributed by atoms with Crippen molar-refractivity contribution >= 4 is 28.4 Å². The Hall–Kier alpha value is -1.48. The molecule has 1 aromatic heterocycles. The predicted molar refractivity (Wildman–Crippen MR) is 70.2 cm³/mol. The summed E-state index contributed by atoms with van der Waals surface area (Å²) in [6.07, 6.45) is 2.46. The number of carbonyl (C=O) groups excluding carboxylic acids is 1. The summed E-state index contributed by atoms with van der Waals surface area (Å²) in [6.45, 7) is 3.27. The standard InChI is InChI=1S/C13H15ClN2O/c1-2-15-13(17)7-9-16-8-6-10-11(14)4-3-5-12(10)16/h3-6,8H,2,7,9H2,1H3,(H,15,17). The summed E-state index contributed by atoms with van der Waals surface area (Å²) in [4.78, 5) is 11.4. The average molecular weight is 251 g/mol. The second-order valence-corrected chi connectivity index (χ2v) is 4.29. The van der Waals surface area contributed by atoms with Crippen molar-refractivity contribution in [3.05, 3.63) is 35.5 Å². The second-order valence-electron chi connectivity index (χ2n) is 3.89. The van der Waals surface area contributed by atoms with E-state index in [0.29, 0.717) is 19.5 Å². The number of hydrogen-bond donors (Lipinski definition) is 1. The van der Waals surface area contributed by atoms with E-state index in [1.54, 1.807) is 0 Å². The Kier molecular flexibility index (Phi) is 3.69. The lowest BCUT2D eigenvalue weighted by molar-refractivity contribution is -0.121. The van der Waals surface area contributed by atoms with E-state index in [4.69, 9.17) is 11.6 Å². The summed E-state index contributed by atoms with van der Waals surface area (Å²) in [5.41, 5.74) is 1.07. The second kappa shape index (κ2) is 5.23. The van der Waals surface area contributed by atoms with Gasteiger partial charge in [-0.1, -0.05) is 17.7 Å². The number of nitrogens with one attached hydrogen (secondary N) is 1. The molecule has 0 saturated carbocycles. The molecule has 0 fully saturated rings. The first-order valence-electron chi connectivity index (χ1n) is 5.72. The molecule has 1 heterocycles. The molecule has 0 spiro atoms. The number of hydrogen-bond acceptors (Lipinski definition) is 1.